The molecule has 0 unspecified atom stereocenters. The van der Waals surface area contributed by atoms with Crippen LogP contribution in [0.5, 0.6) is 0 Å². The molecular weight excluding hydrogens is 354 g/mol. The Balaban J connectivity index is 1.96. The number of anilines is 1. The summed E-state index contributed by atoms with van der Waals surface area (Å²) in [6.45, 7) is 2.37. The zero-order valence-electron chi connectivity index (χ0n) is 14.5. The molecule has 0 fully saturated rings. The van der Waals surface area contributed by atoms with Crippen molar-refractivity contribution in [2.24, 2.45) is 0 Å². The van der Waals surface area contributed by atoms with Gasteiger partial charge in [0.2, 0.25) is 0 Å². The summed E-state index contributed by atoms with van der Waals surface area (Å²) in [5.74, 6) is 0.721. The van der Waals surface area contributed by atoms with Crippen LogP contribution < -0.4 is 11.4 Å². The van der Waals surface area contributed by atoms with Crippen LogP contribution in [-0.2, 0) is 11.3 Å². The lowest BCUT2D eigenvalue weighted by molar-refractivity contribution is 0.0600. The molecule has 0 amide bonds. The molecule has 0 aliphatic carbocycles. The number of aromatic nitrogens is 4. The maximum atomic E-state index is 12.3. The van der Waals surface area contributed by atoms with Gasteiger partial charge in [0.1, 0.15) is 5.52 Å². The fourth-order valence-corrected chi connectivity index (χ4v) is 3.18. The van der Waals surface area contributed by atoms with Gasteiger partial charge in [-0.25, -0.2) is 19.6 Å². The number of nitrogen functional groups attached to an aromatic ring is 1. The zero-order valence-corrected chi connectivity index (χ0v) is 15.3. The lowest BCUT2D eigenvalue weighted by atomic mass is 10.1. The Bertz CT molecular complexity index is 994. The zero-order chi connectivity index (χ0) is 18.7. The second kappa shape index (κ2) is 7.61. The normalized spacial score (nSPS) is 11.0. The van der Waals surface area contributed by atoms with E-state index >= 15 is 0 Å². The standard InChI is InChI=1S/C17H19N5O3S/c1-3-8-26-16-20-13(18)12-14(21-16)22(17(24)19-12)9-10-4-6-11(7-5-10)15(23)25-2/h4-7H,3,8-9H2,1-2H3,(H,19,24)(H2,18,20,21). The molecular formula is C17H19N5O3S. The monoisotopic (exact) mass is 373 g/mol. The lowest BCUT2D eigenvalue weighted by Crippen LogP contribution is -2.18. The molecule has 0 bridgehead atoms. The fourth-order valence-electron chi connectivity index (χ4n) is 2.48. The Hall–Kier alpha value is -2.81. The number of esters is 1. The summed E-state index contributed by atoms with van der Waals surface area (Å²) in [5, 5.41) is 0.547. The number of fused-ring (bicyclic) bond motifs is 1. The van der Waals surface area contributed by atoms with Crippen LogP contribution in [0.2, 0.25) is 0 Å². The highest BCUT2D eigenvalue weighted by Gasteiger charge is 2.14. The van der Waals surface area contributed by atoms with Crippen molar-refractivity contribution < 1.29 is 9.53 Å². The minimum Gasteiger partial charge on any atom is -0.465 e. The number of aromatic amines is 1. The third-order valence-corrected chi connectivity index (χ3v) is 4.83. The number of carbonyl (C=O) groups is 1. The highest BCUT2D eigenvalue weighted by Crippen LogP contribution is 2.21. The maximum Gasteiger partial charge on any atom is 0.337 e. The molecule has 0 spiro atoms. The van der Waals surface area contributed by atoms with E-state index in [-0.39, 0.29) is 11.5 Å². The number of H-pyrrole nitrogens is 1. The summed E-state index contributed by atoms with van der Waals surface area (Å²) >= 11 is 1.50. The topological polar surface area (TPSA) is 116 Å². The molecule has 0 atom stereocenters. The molecule has 0 aliphatic heterocycles. The largest absolute Gasteiger partial charge is 0.465 e. The number of thioether (sulfide) groups is 1. The average Bonchev–Trinajstić information content (AvgIpc) is 2.96. The first kappa shape index (κ1) is 18.0. The average molecular weight is 373 g/mol. The van der Waals surface area contributed by atoms with Gasteiger partial charge in [0.15, 0.2) is 16.6 Å². The Morgan fingerprint density at radius 2 is 2.04 bits per heavy atom. The molecule has 0 saturated heterocycles. The molecule has 3 aromatic rings. The molecule has 1 aromatic carbocycles. The first-order valence-corrected chi connectivity index (χ1v) is 9.08. The number of hydrogen-bond donors (Lipinski definition) is 2. The second-order valence-corrected chi connectivity index (χ2v) is 6.71. The Kier molecular flexibility index (Phi) is 5.27. The molecule has 0 saturated carbocycles. The predicted molar refractivity (Wildman–Crippen MR) is 100 cm³/mol. The first-order valence-electron chi connectivity index (χ1n) is 8.09. The molecule has 0 aliphatic rings. The molecule has 3 N–H and O–H groups in total. The number of nitrogens with two attached hydrogens (primary N) is 1. The van der Waals surface area contributed by atoms with E-state index in [4.69, 9.17) is 5.73 Å². The molecule has 8 nitrogen and oxygen atoms in total. The molecule has 2 aromatic heterocycles. The SMILES string of the molecule is CCCSc1nc(N)c2[nH]c(=O)n(Cc3ccc(C(=O)OC)cc3)c2n1. The highest BCUT2D eigenvalue weighted by atomic mass is 32.2. The fraction of sp³-hybridized carbons (Fsp3) is 0.294. The number of nitrogens with zero attached hydrogens (tertiary/aromatic N) is 3. The summed E-state index contributed by atoms with van der Waals surface area (Å²) in [7, 11) is 1.33. The van der Waals surface area contributed by atoms with Gasteiger partial charge in [-0.1, -0.05) is 30.8 Å². The number of hydrogen-bond acceptors (Lipinski definition) is 7. The second-order valence-electron chi connectivity index (χ2n) is 5.64. The van der Waals surface area contributed by atoms with Crippen LogP contribution in [0.15, 0.2) is 34.2 Å². The van der Waals surface area contributed by atoms with Gasteiger partial charge in [-0.05, 0) is 24.1 Å². The number of rotatable bonds is 6. The number of methoxy groups -OCH3 is 1. The number of nitrogens with one attached hydrogen (secondary N) is 1. The molecule has 26 heavy (non-hydrogen) atoms. The van der Waals surface area contributed by atoms with E-state index in [1.807, 2.05) is 0 Å². The van der Waals surface area contributed by atoms with Gasteiger partial charge in [0.05, 0.1) is 19.2 Å². The van der Waals surface area contributed by atoms with Crippen molar-refractivity contribution in [1.29, 1.82) is 0 Å². The Morgan fingerprint density at radius 3 is 2.69 bits per heavy atom. The number of ether oxygens (including phenoxy) is 1. The Labute approximate surface area is 153 Å². The van der Waals surface area contributed by atoms with Crippen molar-refractivity contribution >= 4 is 34.7 Å². The van der Waals surface area contributed by atoms with Crippen molar-refractivity contribution in [3.05, 3.63) is 45.9 Å². The summed E-state index contributed by atoms with van der Waals surface area (Å²) in [6.07, 6.45) is 0.985. The van der Waals surface area contributed by atoms with Gasteiger partial charge in [-0.2, -0.15) is 0 Å². The van der Waals surface area contributed by atoms with Gasteiger partial charge < -0.3 is 15.5 Å². The molecule has 9 heteroatoms. The van der Waals surface area contributed by atoms with Crippen molar-refractivity contribution in [2.75, 3.05) is 18.6 Å². The Morgan fingerprint density at radius 1 is 1.31 bits per heavy atom. The van der Waals surface area contributed by atoms with Gasteiger partial charge in [0, 0.05) is 5.75 Å². The van der Waals surface area contributed by atoms with E-state index in [2.05, 4.69) is 26.6 Å². The minimum atomic E-state index is -0.404. The molecule has 2 heterocycles. The van der Waals surface area contributed by atoms with Crippen molar-refractivity contribution in [3.8, 4) is 0 Å². The molecule has 0 radical (unpaired) electrons. The minimum absolute atomic E-state index is 0.255. The van der Waals surface area contributed by atoms with Crippen LogP contribution in [0.1, 0.15) is 29.3 Å². The highest BCUT2D eigenvalue weighted by molar-refractivity contribution is 7.99. The van der Waals surface area contributed by atoms with Crippen LogP contribution in [0.4, 0.5) is 5.82 Å². The number of carbonyl (C=O) groups excluding carboxylic acids is 1. The van der Waals surface area contributed by atoms with Crippen LogP contribution in [0.3, 0.4) is 0 Å². The predicted octanol–water partition coefficient (Wildman–Crippen LogP) is 2.04. The van der Waals surface area contributed by atoms with Crippen molar-refractivity contribution in [1.82, 2.24) is 19.5 Å². The first-order chi connectivity index (χ1) is 12.5. The van der Waals surface area contributed by atoms with Crippen LogP contribution in [0, 0.1) is 0 Å². The van der Waals surface area contributed by atoms with Crippen molar-refractivity contribution in [3.63, 3.8) is 0 Å². The maximum absolute atomic E-state index is 12.3. The van der Waals surface area contributed by atoms with E-state index < -0.39 is 5.97 Å². The summed E-state index contributed by atoms with van der Waals surface area (Å²) in [4.78, 5) is 35.3. The van der Waals surface area contributed by atoms with Crippen LogP contribution in [-0.4, -0.2) is 38.4 Å². The van der Waals surface area contributed by atoms with E-state index in [1.165, 1.54) is 23.4 Å². The summed E-state index contributed by atoms with van der Waals surface area (Å²) in [6, 6.07) is 6.86. The lowest BCUT2D eigenvalue weighted by Gasteiger charge is -2.06. The van der Waals surface area contributed by atoms with Gasteiger partial charge in [0.25, 0.3) is 0 Å². The third-order valence-electron chi connectivity index (χ3n) is 3.78. The molecule has 3 rings (SSSR count). The van der Waals surface area contributed by atoms with Gasteiger partial charge in [-0.3, -0.25) is 4.57 Å². The van der Waals surface area contributed by atoms with Gasteiger partial charge in [-0.15, -0.1) is 0 Å². The van der Waals surface area contributed by atoms with Gasteiger partial charge >= 0.3 is 11.7 Å². The van der Waals surface area contributed by atoms with E-state index in [1.54, 1.807) is 24.3 Å². The molecule has 136 valence electrons. The van der Waals surface area contributed by atoms with Crippen LogP contribution >= 0.6 is 11.8 Å². The number of benzene rings is 1. The smallest absolute Gasteiger partial charge is 0.337 e. The van der Waals surface area contributed by atoms with E-state index in [0.29, 0.717) is 28.4 Å². The van der Waals surface area contributed by atoms with Crippen LogP contribution in [0.25, 0.3) is 11.2 Å². The van der Waals surface area contributed by atoms with Crippen molar-refractivity contribution in [2.45, 2.75) is 25.0 Å². The number of imidazole rings is 1. The quantitative estimate of drug-likeness (QED) is 0.386. The van der Waals surface area contributed by atoms with E-state index in [0.717, 1.165) is 17.7 Å². The third kappa shape index (κ3) is 3.57. The van der Waals surface area contributed by atoms with E-state index in [9.17, 15) is 9.59 Å². The summed E-state index contributed by atoms with van der Waals surface area (Å²) in [5.41, 5.74) is 7.87. The summed E-state index contributed by atoms with van der Waals surface area (Å²) < 4.78 is 6.20.